The van der Waals surface area contributed by atoms with E-state index in [9.17, 15) is 5.11 Å². The van der Waals surface area contributed by atoms with Crippen molar-refractivity contribution in [1.82, 2.24) is 4.90 Å². The molecule has 3 heteroatoms. The van der Waals surface area contributed by atoms with Crippen molar-refractivity contribution in [2.24, 2.45) is 0 Å². The predicted octanol–water partition coefficient (Wildman–Crippen LogP) is 1.01. The van der Waals surface area contributed by atoms with Crippen LogP contribution in [-0.4, -0.2) is 48.5 Å². The van der Waals surface area contributed by atoms with Crippen molar-refractivity contribution in [2.75, 3.05) is 20.3 Å². The summed E-state index contributed by atoms with van der Waals surface area (Å²) >= 11 is 0. The first-order chi connectivity index (χ1) is 6.79. The van der Waals surface area contributed by atoms with Crippen molar-refractivity contribution >= 4 is 0 Å². The van der Waals surface area contributed by atoms with Crippen LogP contribution in [0.15, 0.2) is 0 Å². The molecule has 3 nitrogen and oxygen atoms in total. The molecular formula is C11H21NO2. The second kappa shape index (κ2) is 4.60. The topological polar surface area (TPSA) is 32.7 Å². The van der Waals surface area contributed by atoms with E-state index in [-0.39, 0.29) is 6.10 Å². The van der Waals surface area contributed by atoms with Gasteiger partial charge in [0, 0.05) is 25.3 Å². The Hall–Kier alpha value is -0.120. The Labute approximate surface area is 86.0 Å². The fraction of sp³-hybridized carbons (Fsp3) is 1.00. The minimum Gasteiger partial charge on any atom is -0.391 e. The van der Waals surface area contributed by atoms with Gasteiger partial charge in [-0.15, -0.1) is 0 Å². The van der Waals surface area contributed by atoms with Crippen LogP contribution < -0.4 is 0 Å². The molecule has 0 spiro atoms. The van der Waals surface area contributed by atoms with Crippen LogP contribution in [0, 0.1) is 0 Å². The molecule has 82 valence electrons. The van der Waals surface area contributed by atoms with E-state index < -0.39 is 0 Å². The minimum absolute atomic E-state index is 0.0946. The lowest BCUT2D eigenvalue weighted by Gasteiger charge is -2.36. The summed E-state index contributed by atoms with van der Waals surface area (Å²) in [7, 11) is 2.16. The molecule has 2 atom stereocenters. The third-order valence-corrected chi connectivity index (χ3v) is 3.73. The maximum absolute atomic E-state index is 9.82. The first-order valence-corrected chi connectivity index (χ1v) is 5.77. The highest BCUT2D eigenvalue weighted by Gasteiger charge is 2.32. The molecule has 1 saturated carbocycles. The predicted molar refractivity (Wildman–Crippen MR) is 55.2 cm³/mol. The van der Waals surface area contributed by atoms with Gasteiger partial charge in [-0.3, -0.25) is 4.90 Å². The normalized spacial score (nSPS) is 35.4. The summed E-state index contributed by atoms with van der Waals surface area (Å²) < 4.78 is 5.35. The molecule has 1 N–H and O–H groups in total. The highest BCUT2D eigenvalue weighted by molar-refractivity contribution is 4.87. The Kier molecular flexibility index (Phi) is 3.42. The van der Waals surface area contributed by atoms with Gasteiger partial charge in [0.2, 0.25) is 0 Å². The van der Waals surface area contributed by atoms with Gasteiger partial charge in [0.15, 0.2) is 0 Å². The summed E-state index contributed by atoms with van der Waals surface area (Å²) in [5.41, 5.74) is 0. The van der Waals surface area contributed by atoms with Crippen molar-refractivity contribution < 1.29 is 9.84 Å². The van der Waals surface area contributed by atoms with Gasteiger partial charge in [-0.05, 0) is 39.2 Å². The van der Waals surface area contributed by atoms with Crippen LogP contribution in [0.5, 0.6) is 0 Å². The van der Waals surface area contributed by atoms with Gasteiger partial charge in [0.1, 0.15) is 0 Å². The van der Waals surface area contributed by atoms with E-state index in [1.807, 2.05) is 0 Å². The zero-order valence-corrected chi connectivity index (χ0v) is 8.98. The molecule has 0 bridgehead atoms. The molecule has 2 fully saturated rings. The zero-order valence-electron chi connectivity index (χ0n) is 8.98. The van der Waals surface area contributed by atoms with Gasteiger partial charge < -0.3 is 9.84 Å². The van der Waals surface area contributed by atoms with Crippen LogP contribution in [0.3, 0.4) is 0 Å². The molecular weight excluding hydrogens is 178 g/mol. The monoisotopic (exact) mass is 199 g/mol. The molecule has 2 aliphatic rings. The van der Waals surface area contributed by atoms with Crippen LogP contribution in [-0.2, 0) is 4.74 Å². The first kappa shape index (κ1) is 10.4. The SMILES string of the molecule is CN(C1CCOCC1)[C@@H]1CCC[C@H]1O. The summed E-state index contributed by atoms with van der Waals surface area (Å²) in [5.74, 6) is 0. The molecule has 0 radical (unpaired) electrons. The van der Waals surface area contributed by atoms with Crippen molar-refractivity contribution in [2.45, 2.75) is 50.3 Å². The van der Waals surface area contributed by atoms with Gasteiger partial charge in [-0.1, -0.05) is 0 Å². The van der Waals surface area contributed by atoms with Crippen molar-refractivity contribution in [3.8, 4) is 0 Å². The number of likely N-dealkylation sites (N-methyl/N-ethyl adjacent to an activating group) is 1. The lowest BCUT2D eigenvalue weighted by Crippen LogP contribution is -2.46. The van der Waals surface area contributed by atoms with E-state index in [1.54, 1.807) is 0 Å². The average molecular weight is 199 g/mol. The fourth-order valence-electron chi connectivity index (χ4n) is 2.76. The highest BCUT2D eigenvalue weighted by atomic mass is 16.5. The molecule has 1 heterocycles. The fourth-order valence-corrected chi connectivity index (χ4v) is 2.76. The van der Waals surface area contributed by atoms with E-state index in [0.29, 0.717) is 12.1 Å². The average Bonchev–Trinajstić information content (AvgIpc) is 2.65. The summed E-state index contributed by atoms with van der Waals surface area (Å²) in [6.07, 6.45) is 5.48. The standard InChI is InChI=1S/C11H21NO2/c1-12(9-5-7-14-8-6-9)10-3-2-4-11(10)13/h9-11,13H,2-8H2,1H3/t10-,11-/m1/s1. The van der Waals surface area contributed by atoms with Crippen LogP contribution in [0.1, 0.15) is 32.1 Å². The number of hydrogen-bond acceptors (Lipinski definition) is 3. The molecule has 0 amide bonds. The lowest BCUT2D eigenvalue weighted by molar-refractivity contribution is 0.00332. The van der Waals surface area contributed by atoms with Crippen LogP contribution in [0.4, 0.5) is 0 Å². The molecule has 14 heavy (non-hydrogen) atoms. The van der Waals surface area contributed by atoms with Gasteiger partial charge in [0.05, 0.1) is 6.10 Å². The second-order valence-electron chi connectivity index (χ2n) is 4.57. The first-order valence-electron chi connectivity index (χ1n) is 5.77. The molecule has 0 aromatic heterocycles. The largest absolute Gasteiger partial charge is 0.391 e. The molecule has 1 aliphatic heterocycles. The summed E-state index contributed by atoms with van der Waals surface area (Å²) in [4.78, 5) is 2.39. The molecule has 0 aromatic carbocycles. The zero-order chi connectivity index (χ0) is 9.97. The number of aliphatic hydroxyl groups excluding tert-OH is 1. The van der Waals surface area contributed by atoms with E-state index in [2.05, 4.69) is 11.9 Å². The molecule has 1 saturated heterocycles. The maximum atomic E-state index is 9.82. The van der Waals surface area contributed by atoms with Crippen molar-refractivity contribution in [1.29, 1.82) is 0 Å². The van der Waals surface area contributed by atoms with Gasteiger partial charge >= 0.3 is 0 Å². The third kappa shape index (κ3) is 2.10. The van der Waals surface area contributed by atoms with Gasteiger partial charge in [0.25, 0.3) is 0 Å². The molecule has 0 unspecified atom stereocenters. The van der Waals surface area contributed by atoms with Crippen LogP contribution in [0.2, 0.25) is 0 Å². The van der Waals surface area contributed by atoms with E-state index in [4.69, 9.17) is 4.74 Å². The van der Waals surface area contributed by atoms with Crippen LogP contribution >= 0.6 is 0 Å². The molecule has 2 rings (SSSR count). The molecule has 0 aromatic rings. The lowest BCUT2D eigenvalue weighted by atomic mass is 10.0. The molecule has 1 aliphatic carbocycles. The van der Waals surface area contributed by atoms with Crippen molar-refractivity contribution in [3.05, 3.63) is 0 Å². The van der Waals surface area contributed by atoms with Gasteiger partial charge in [-0.25, -0.2) is 0 Å². The minimum atomic E-state index is -0.0946. The number of ether oxygens (including phenoxy) is 1. The Balaban J connectivity index is 1.89. The highest BCUT2D eigenvalue weighted by Crippen LogP contribution is 2.27. The third-order valence-electron chi connectivity index (χ3n) is 3.73. The number of hydrogen-bond donors (Lipinski definition) is 1. The summed E-state index contributed by atoms with van der Waals surface area (Å²) in [6, 6.07) is 1.03. The van der Waals surface area contributed by atoms with Crippen molar-refractivity contribution in [3.63, 3.8) is 0 Å². The van der Waals surface area contributed by atoms with E-state index in [0.717, 1.165) is 38.9 Å². The van der Waals surface area contributed by atoms with E-state index in [1.165, 1.54) is 6.42 Å². The Bertz CT molecular complexity index is 180. The number of aliphatic hydroxyl groups is 1. The van der Waals surface area contributed by atoms with E-state index >= 15 is 0 Å². The second-order valence-corrected chi connectivity index (χ2v) is 4.57. The maximum Gasteiger partial charge on any atom is 0.0695 e. The Morgan fingerprint density at radius 2 is 1.86 bits per heavy atom. The Morgan fingerprint density at radius 1 is 1.14 bits per heavy atom. The Morgan fingerprint density at radius 3 is 2.43 bits per heavy atom. The smallest absolute Gasteiger partial charge is 0.0695 e. The summed E-state index contributed by atoms with van der Waals surface area (Å²) in [5, 5.41) is 9.82. The van der Waals surface area contributed by atoms with Crippen LogP contribution in [0.25, 0.3) is 0 Å². The quantitative estimate of drug-likeness (QED) is 0.720. The van der Waals surface area contributed by atoms with Gasteiger partial charge in [-0.2, -0.15) is 0 Å². The number of rotatable bonds is 2. The number of nitrogens with zero attached hydrogens (tertiary/aromatic N) is 1. The summed E-state index contributed by atoms with van der Waals surface area (Å²) in [6.45, 7) is 1.77.